The van der Waals surface area contributed by atoms with Gasteiger partial charge in [0.05, 0.1) is 6.54 Å². The molecule has 1 aliphatic rings. The van der Waals surface area contributed by atoms with Crippen molar-refractivity contribution in [2.45, 2.75) is 25.4 Å². The van der Waals surface area contributed by atoms with Crippen LogP contribution in [-0.4, -0.2) is 16.3 Å². The summed E-state index contributed by atoms with van der Waals surface area (Å²) >= 11 is 5.95. The normalized spacial score (nSPS) is 16.5. The summed E-state index contributed by atoms with van der Waals surface area (Å²) in [4.78, 5) is 0. The van der Waals surface area contributed by atoms with E-state index in [1.165, 1.54) is 18.4 Å². The Hall–Kier alpha value is -1.32. The molecular weight excluding hydrogens is 258 g/mol. The Bertz CT molecular complexity index is 503. The molecule has 1 saturated carbocycles. The van der Waals surface area contributed by atoms with Gasteiger partial charge in [-0.3, -0.25) is 4.68 Å². The van der Waals surface area contributed by atoms with Crippen molar-refractivity contribution in [2.24, 2.45) is 5.92 Å². The SMILES string of the molecule is Clc1ccc(C(NCCn2cccn2)C2CC2)cc1. The number of aromatic nitrogens is 2. The standard InChI is InChI=1S/C15H18ClN3/c16-14-6-4-13(5-7-14)15(12-2-3-12)17-9-11-19-10-1-8-18-19/h1,4-8,10,12,15,17H,2-3,9,11H2. The van der Waals surface area contributed by atoms with E-state index in [4.69, 9.17) is 11.6 Å². The van der Waals surface area contributed by atoms with Crippen LogP contribution in [0.15, 0.2) is 42.7 Å². The average Bonchev–Trinajstić information content (AvgIpc) is 3.13. The molecule has 2 aromatic rings. The molecule has 4 heteroatoms. The van der Waals surface area contributed by atoms with E-state index < -0.39 is 0 Å². The fourth-order valence-electron chi connectivity index (χ4n) is 2.42. The molecule has 1 unspecified atom stereocenters. The van der Waals surface area contributed by atoms with Gasteiger partial charge >= 0.3 is 0 Å². The third kappa shape index (κ3) is 3.37. The fraction of sp³-hybridized carbons (Fsp3) is 0.400. The first kappa shape index (κ1) is 12.7. The minimum absolute atomic E-state index is 0.452. The summed E-state index contributed by atoms with van der Waals surface area (Å²) in [5.41, 5.74) is 1.34. The number of hydrogen-bond acceptors (Lipinski definition) is 2. The molecule has 100 valence electrons. The zero-order valence-corrected chi connectivity index (χ0v) is 11.6. The highest BCUT2D eigenvalue weighted by molar-refractivity contribution is 6.30. The van der Waals surface area contributed by atoms with Crippen LogP contribution in [0.2, 0.25) is 5.02 Å². The second kappa shape index (κ2) is 5.76. The first-order chi connectivity index (χ1) is 9.33. The molecule has 3 rings (SSSR count). The highest BCUT2D eigenvalue weighted by Gasteiger charge is 2.31. The highest BCUT2D eigenvalue weighted by atomic mass is 35.5. The van der Waals surface area contributed by atoms with Crippen LogP contribution in [0.4, 0.5) is 0 Å². The molecule has 1 N–H and O–H groups in total. The van der Waals surface area contributed by atoms with Crippen LogP contribution in [0.1, 0.15) is 24.4 Å². The summed E-state index contributed by atoms with van der Waals surface area (Å²) in [6, 6.07) is 10.6. The number of rotatable bonds is 6. The van der Waals surface area contributed by atoms with Gasteiger partial charge in [-0.2, -0.15) is 5.10 Å². The van der Waals surface area contributed by atoms with E-state index in [1.807, 2.05) is 35.3 Å². The van der Waals surface area contributed by atoms with E-state index in [2.05, 4.69) is 22.5 Å². The maximum atomic E-state index is 5.95. The molecule has 0 amide bonds. The van der Waals surface area contributed by atoms with Gasteiger partial charge in [0.25, 0.3) is 0 Å². The van der Waals surface area contributed by atoms with Crippen molar-refractivity contribution in [1.82, 2.24) is 15.1 Å². The van der Waals surface area contributed by atoms with Crippen molar-refractivity contribution < 1.29 is 0 Å². The molecule has 0 aliphatic heterocycles. The Balaban J connectivity index is 1.60. The van der Waals surface area contributed by atoms with Crippen molar-refractivity contribution in [3.63, 3.8) is 0 Å². The largest absolute Gasteiger partial charge is 0.308 e. The molecule has 1 fully saturated rings. The van der Waals surface area contributed by atoms with Crippen LogP contribution >= 0.6 is 11.6 Å². The smallest absolute Gasteiger partial charge is 0.0534 e. The molecule has 1 aromatic heterocycles. The summed E-state index contributed by atoms with van der Waals surface area (Å²) in [5, 5.41) is 8.67. The van der Waals surface area contributed by atoms with Gasteiger partial charge in [-0.1, -0.05) is 23.7 Å². The Kier molecular flexibility index (Phi) is 3.85. The molecule has 0 saturated heterocycles. The Morgan fingerprint density at radius 1 is 1.32 bits per heavy atom. The maximum Gasteiger partial charge on any atom is 0.0534 e. The van der Waals surface area contributed by atoms with Gasteiger partial charge < -0.3 is 5.32 Å². The molecule has 3 nitrogen and oxygen atoms in total. The molecule has 19 heavy (non-hydrogen) atoms. The Morgan fingerprint density at radius 3 is 2.74 bits per heavy atom. The minimum atomic E-state index is 0.452. The summed E-state index contributed by atoms with van der Waals surface area (Å²) in [6.45, 7) is 1.84. The minimum Gasteiger partial charge on any atom is -0.308 e. The summed E-state index contributed by atoms with van der Waals surface area (Å²) in [6.07, 6.45) is 6.46. The summed E-state index contributed by atoms with van der Waals surface area (Å²) in [5.74, 6) is 0.777. The lowest BCUT2D eigenvalue weighted by atomic mass is 10.0. The van der Waals surface area contributed by atoms with Gasteiger partial charge in [0.15, 0.2) is 0 Å². The van der Waals surface area contributed by atoms with Crippen LogP contribution in [0.25, 0.3) is 0 Å². The first-order valence-electron chi connectivity index (χ1n) is 6.79. The van der Waals surface area contributed by atoms with Crippen LogP contribution in [0.5, 0.6) is 0 Å². The monoisotopic (exact) mass is 275 g/mol. The van der Waals surface area contributed by atoms with Crippen molar-refractivity contribution in [3.8, 4) is 0 Å². The van der Waals surface area contributed by atoms with E-state index in [1.54, 1.807) is 0 Å². The Morgan fingerprint density at radius 2 is 2.11 bits per heavy atom. The van der Waals surface area contributed by atoms with Crippen molar-refractivity contribution in [2.75, 3.05) is 6.54 Å². The number of hydrogen-bond donors (Lipinski definition) is 1. The van der Waals surface area contributed by atoms with E-state index in [0.29, 0.717) is 6.04 Å². The van der Waals surface area contributed by atoms with E-state index in [9.17, 15) is 0 Å². The van der Waals surface area contributed by atoms with Crippen LogP contribution in [0, 0.1) is 5.92 Å². The maximum absolute atomic E-state index is 5.95. The number of nitrogens with one attached hydrogen (secondary N) is 1. The molecule has 0 spiro atoms. The molecule has 1 aromatic carbocycles. The van der Waals surface area contributed by atoms with Gasteiger partial charge in [0, 0.05) is 30.0 Å². The molecule has 1 aliphatic carbocycles. The van der Waals surface area contributed by atoms with Crippen LogP contribution < -0.4 is 5.32 Å². The molecule has 0 bridgehead atoms. The quantitative estimate of drug-likeness (QED) is 0.877. The van der Waals surface area contributed by atoms with Gasteiger partial charge in [0.1, 0.15) is 0 Å². The van der Waals surface area contributed by atoms with Crippen molar-refractivity contribution >= 4 is 11.6 Å². The van der Waals surface area contributed by atoms with E-state index in [-0.39, 0.29) is 0 Å². The average molecular weight is 276 g/mol. The second-order valence-electron chi connectivity index (χ2n) is 5.09. The van der Waals surface area contributed by atoms with E-state index >= 15 is 0 Å². The van der Waals surface area contributed by atoms with Crippen molar-refractivity contribution in [1.29, 1.82) is 0 Å². The zero-order chi connectivity index (χ0) is 13.1. The van der Waals surface area contributed by atoms with Crippen molar-refractivity contribution in [3.05, 3.63) is 53.3 Å². The van der Waals surface area contributed by atoms with Gasteiger partial charge in [-0.25, -0.2) is 0 Å². The van der Waals surface area contributed by atoms with Crippen LogP contribution in [-0.2, 0) is 6.54 Å². The molecule has 1 atom stereocenters. The molecular formula is C15H18ClN3. The summed E-state index contributed by atoms with van der Waals surface area (Å²) < 4.78 is 1.96. The highest BCUT2D eigenvalue weighted by Crippen LogP contribution is 2.41. The first-order valence-corrected chi connectivity index (χ1v) is 7.17. The van der Waals surface area contributed by atoms with Gasteiger partial charge in [0.2, 0.25) is 0 Å². The van der Waals surface area contributed by atoms with Crippen LogP contribution in [0.3, 0.4) is 0 Å². The number of halogens is 1. The second-order valence-corrected chi connectivity index (χ2v) is 5.53. The lowest BCUT2D eigenvalue weighted by molar-refractivity contribution is 0.450. The Labute approximate surface area is 118 Å². The topological polar surface area (TPSA) is 29.9 Å². The van der Waals surface area contributed by atoms with E-state index in [0.717, 1.165) is 24.0 Å². The predicted molar refractivity (Wildman–Crippen MR) is 77.1 cm³/mol. The summed E-state index contributed by atoms with van der Waals surface area (Å²) in [7, 11) is 0. The zero-order valence-electron chi connectivity index (χ0n) is 10.8. The number of benzene rings is 1. The third-order valence-electron chi connectivity index (χ3n) is 3.59. The number of nitrogens with zero attached hydrogens (tertiary/aromatic N) is 2. The van der Waals surface area contributed by atoms with Gasteiger partial charge in [-0.15, -0.1) is 0 Å². The fourth-order valence-corrected chi connectivity index (χ4v) is 2.55. The third-order valence-corrected chi connectivity index (χ3v) is 3.84. The van der Waals surface area contributed by atoms with Gasteiger partial charge in [-0.05, 0) is 42.5 Å². The molecule has 1 heterocycles. The lowest BCUT2D eigenvalue weighted by Crippen LogP contribution is -2.26. The predicted octanol–water partition coefficient (Wildman–Crippen LogP) is 3.28. The lowest BCUT2D eigenvalue weighted by Gasteiger charge is -2.19. The molecule has 0 radical (unpaired) electrons.